The number of rotatable bonds is 8. The zero-order chi connectivity index (χ0) is 12.8. The van der Waals surface area contributed by atoms with E-state index in [1.165, 1.54) is 0 Å². The van der Waals surface area contributed by atoms with Gasteiger partial charge in [-0.05, 0) is 7.05 Å². The molecule has 1 N–H and O–H groups in total. The molecule has 18 heavy (non-hydrogen) atoms. The second kappa shape index (κ2) is 6.84. The fourth-order valence-corrected chi connectivity index (χ4v) is 2.46. The van der Waals surface area contributed by atoms with E-state index >= 15 is 0 Å². The molecular formula is C12H19N3O2S. The van der Waals surface area contributed by atoms with Crippen molar-refractivity contribution in [2.45, 2.75) is 12.5 Å². The number of thiazole rings is 1. The fourth-order valence-electron chi connectivity index (χ4n) is 1.74. The van der Waals surface area contributed by atoms with Crippen LogP contribution in [0.3, 0.4) is 0 Å². The lowest BCUT2D eigenvalue weighted by molar-refractivity contribution is 0.0596. The average molecular weight is 269 g/mol. The van der Waals surface area contributed by atoms with Gasteiger partial charge in [-0.25, -0.2) is 4.98 Å². The first-order valence-corrected chi connectivity index (χ1v) is 6.86. The molecule has 0 amide bonds. The van der Waals surface area contributed by atoms with Gasteiger partial charge in [0.05, 0.1) is 25.5 Å². The minimum Gasteiger partial charge on any atom is -0.382 e. The molecule has 100 valence electrons. The number of nitrogens with one attached hydrogen (secondary N) is 1. The topological polar surface area (TPSA) is 47.8 Å². The maximum absolute atomic E-state index is 5.54. The summed E-state index contributed by atoms with van der Waals surface area (Å²) in [6.45, 7) is 1.94. The third kappa shape index (κ3) is 3.52. The Balaban J connectivity index is 1.83. The standard InChI is InChI=1S/C12H19N3O2S/c1-13-11(9-17-5-4-16-2)7-10-8-15-3-6-18-12(15)14-10/h3,6,8,11,13H,4-5,7,9H2,1-2H3. The fraction of sp³-hybridized carbons (Fsp3) is 0.583. The van der Waals surface area contributed by atoms with E-state index in [4.69, 9.17) is 9.47 Å². The second-order valence-corrected chi connectivity index (χ2v) is 4.96. The first-order chi connectivity index (χ1) is 8.83. The van der Waals surface area contributed by atoms with Gasteiger partial charge in [-0.2, -0.15) is 0 Å². The van der Waals surface area contributed by atoms with Crippen LogP contribution in [0.4, 0.5) is 0 Å². The lowest BCUT2D eigenvalue weighted by atomic mass is 10.2. The van der Waals surface area contributed by atoms with E-state index < -0.39 is 0 Å². The molecule has 0 saturated heterocycles. The smallest absolute Gasteiger partial charge is 0.193 e. The second-order valence-electron chi connectivity index (χ2n) is 4.08. The molecule has 0 saturated carbocycles. The molecule has 1 unspecified atom stereocenters. The number of nitrogens with zero attached hydrogens (tertiary/aromatic N) is 2. The maximum atomic E-state index is 5.54. The van der Waals surface area contributed by atoms with Crippen LogP contribution < -0.4 is 5.32 Å². The number of methoxy groups -OCH3 is 1. The van der Waals surface area contributed by atoms with Crippen LogP contribution >= 0.6 is 11.3 Å². The predicted molar refractivity (Wildman–Crippen MR) is 72.3 cm³/mol. The number of ether oxygens (including phenoxy) is 2. The summed E-state index contributed by atoms with van der Waals surface area (Å²) in [4.78, 5) is 5.61. The van der Waals surface area contributed by atoms with Crippen molar-refractivity contribution in [1.29, 1.82) is 0 Å². The van der Waals surface area contributed by atoms with Gasteiger partial charge in [-0.15, -0.1) is 11.3 Å². The summed E-state index contributed by atoms with van der Waals surface area (Å²) >= 11 is 1.65. The summed E-state index contributed by atoms with van der Waals surface area (Å²) in [5.41, 5.74) is 1.09. The van der Waals surface area contributed by atoms with Crippen molar-refractivity contribution in [2.75, 3.05) is 34.0 Å². The lowest BCUT2D eigenvalue weighted by Crippen LogP contribution is -2.33. The van der Waals surface area contributed by atoms with Crippen molar-refractivity contribution < 1.29 is 9.47 Å². The summed E-state index contributed by atoms with van der Waals surface area (Å²) in [5, 5.41) is 5.29. The lowest BCUT2D eigenvalue weighted by Gasteiger charge is -2.14. The molecule has 0 aliphatic rings. The molecule has 1 atom stereocenters. The Hall–Kier alpha value is -0.950. The highest BCUT2D eigenvalue weighted by molar-refractivity contribution is 7.15. The van der Waals surface area contributed by atoms with Crippen molar-refractivity contribution in [3.63, 3.8) is 0 Å². The maximum Gasteiger partial charge on any atom is 0.193 e. The molecule has 0 aliphatic carbocycles. The molecule has 0 aromatic carbocycles. The summed E-state index contributed by atoms with van der Waals surface area (Å²) in [5.74, 6) is 0. The minimum atomic E-state index is 0.284. The van der Waals surface area contributed by atoms with Gasteiger partial charge in [0.25, 0.3) is 0 Å². The first-order valence-electron chi connectivity index (χ1n) is 5.98. The number of hydrogen-bond acceptors (Lipinski definition) is 5. The summed E-state index contributed by atoms with van der Waals surface area (Å²) in [7, 11) is 3.62. The summed E-state index contributed by atoms with van der Waals surface area (Å²) in [6.07, 6.45) is 4.98. The van der Waals surface area contributed by atoms with Crippen molar-refractivity contribution in [2.24, 2.45) is 0 Å². The Morgan fingerprint density at radius 1 is 1.50 bits per heavy atom. The van der Waals surface area contributed by atoms with E-state index in [9.17, 15) is 0 Å². The molecular weight excluding hydrogens is 250 g/mol. The molecule has 5 nitrogen and oxygen atoms in total. The molecule has 2 aromatic rings. The number of fused-ring (bicyclic) bond motifs is 1. The highest BCUT2D eigenvalue weighted by Crippen LogP contribution is 2.12. The number of likely N-dealkylation sites (N-methyl/N-ethyl adjacent to an activating group) is 1. The molecule has 2 rings (SSSR count). The molecule has 0 aliphatic heterocycles. The van der Waals surface area contributed by atoms with Crippen LogP contribution in [-0.2, 0) is 15.9 Å². The third-order valence-electron chi connectivity index (χ3n) is 2.76. The van der Waals surface area contributed by atoms with Gasteiger partial charge in [-0.1, -0.05) is 0 Å². The van der Waals surface area contributed by atoms with Crippen molar-refractivity contribution in [3.05, 3.63) is 23.5 Å². The SMILES string of the molecule is CNC(COCCOC)Cc1cn2ccsc2n1. The molecule has 0 spiro atoms. The Morgan fingerprint density at radius 3 is 3.11 bits per heavy atom. The Morgan fingerprint density at radius 2 is 2.39 bits per heavy atom. The van der Waals surface area contributed by atoms with Crippen LogP contribution in [0.1, 0.15) is 5.69 Å². The highest BCUT2D eigenvalue weighted by atomic mass is 32.1. The zero-order valence-electron chi connectivity index (χ0n) is 10.8. The van der Waals surface area contributed by atoms with Gasteiger partial charge in [0.1, 0.15) is 0 Å². The summed E-state index contributed by atoms with van der Waals surface area (Å²) < 4.78 is 12.5. The molecule has 0 fully saturated rings. The predicted octanol–water partition coefficient (Wildman–Crippen LogP) is 1.19. The quantitative estimate of drug-likeness (QED) is 0.731. The van der Waals surface area contributed by atoms with Gasteiger partial charge in [0.15, 0.2) is 4.96 Å². The van der Waals surface area contributed by atoms with E-state index in [0.29, 0.717) is 19.8 Å². The molecule has 6 heteroatoms. The molecule has 2 heterocycles. The van der Waals surface area contributed by atoms with E-state index in [2.05, 4.69) is 20.9 Å². The van der Waals surface area contributed by atoms with Crippen molar-refractivity contribution >= 4 is 16.3 Å². The van der Waals surface area contributed by atoms with E-state index in [1.807, 2.05) is 18.6 Å². The van der Waals surface area contributed by atoms with Gasteiger partial charge in [-0.3, -0.25) is 4.40 Å². The number of imidazole rings is 1. The van der Waals surface area contributed by atoms with Crippen LogP contribution in [-0.4, -0.2) is 49.4 Å². The Kier molecular flexibility index (Phi) is 5.12. The van der Waals surface area contributed by atoms with Gasteiger partial charge in [0.2, 0.25) is 0 Å². The Labute approximate surface area is 111 Å². The average Bonchev–Trinajstić information content (AvgIpc) is 2.93. The van der Waals surface area contributed by atoms with Crippen LogP contribution in [0.15, 0.2) is 17.8 Å². The van der Waals surface area contributed by atoms with Crippen molar-refractivity contribution in [1.82, 2.24) is 14.7 Å². The van der Waals surface area contributed by atoms with E-state index in [1.54, 1.807) is 18.4 Å². The highest BCUT2D eigenvalue weighted by Gasteiger charge is 2.10. The molecule has 2 aromatic heterocycles. The molecule has 0 bridgehead atoms. The first kappa shape index (κ1) is 13.5. The number of aromatic nitrogens is 2. The van der Waals surface area contributed by atoms with Crippen LogP contribution in [0.5, 0.6) is 0 Å². The third-order valence-corrected chi connectivity index (χ3v) is 3.53. The van der Waals surface area contributed by atoms with Gasteiger partial charge in [0, 0.05) is 37.3 Å². The zero-order valence-corrected chi connectivity index (χ0v) is 11.6. The van der Waals surface area contributed by atoms with E-state index in [-0.39, 0.29) is 6.04 Å². The Bertz CT molecular complexity index is 440. The minimum absolute atomic E-state index is 0.284. The van der Waals surface area contributed by atoms with Gasteiger partial charge >= 0.3 is 0 Å². The van der Waals surface area contributed by atoms with E-state index in [0.717, 1.165) is 17.1 Å². The van der Waals surface area contributed by atoms with Crippen LogP contribution in [0.25, 0.3) is 4.96 Å². The monoisotopic (exact) mass is 269 g/mol. The molecule has 0 radical (unpaired) electrons. The van der Waals surface area contributed by atoms with Crippen LogP contribution in [0.2, 0.25) is 0 Å². The largest absolute Gasteiger partial charge is 0.382 e. The summed E-state index contributed by atoms with van der Waals surface area (Å²) in [6, 6.07) is 0.284. The van der Waals surface area contributed by atoms with Crippen molar-refractivity contribution in [3.8, 4) is 0 Å². The van der Waals surface area contributed by atoms with Gasteiger partial charge < -0.3 is 14.8 Å². The number of hydrogen-bond donors (Lipinski definition) is 1. The normalized spacial score (nSPS) is 13.2. The van der Waals surface area contributed by atoms with Crippen LogP contribution in [0, 0.1) is 0 Å².